The van der Waals surface area contributed by atoms with E-state index in [1.54, 1.807) is 16.4 Å². The number of nitrogens with zero attached hydrogens (tertiary/aromatic N) is 1. The Morgan fingerprint density at radius 3 is 2.55 bits per heavy atom. The van der Waals surface area contributed by atoms with Crippen molar-refractivity contribution in [2.45, 2.75) is 38.6 Å². The number of benzene rings is 1. The van der Waals surface area contributed by atoms with Crippen molar-refractivity contribution < 1.29 is 8.42 Å². The molecule has 0 spiro atoms. The molecule has 0 amide bonds. The molecule has 5 heteroatoms. The highest BCUT2D eigenvalue weighted by Crippen LogP contribution is 2.28. The summed E-state index contributed by atoms with van der Waals surface area (Å²) in [5, 5.41) is 0. The van der Waals surface area contributed by atoms with Gasteiger partial charge in [-0.05, 0) is 48.4 Å². The van der Waals surface area contributed by atoms with E-state index in [0.717, 1.165) is 17.5 Å². The lowest BCUT2D eigenvalue weighted by Gasteiger charge is -2.34. The first-order valence-corrected chi connectivity index (χ1v) is 8.60. The second-order valence-electron chi connectivity index (χ2n) is 5.90. The van der Waals surface area contributed by atoms with E-state index in [1.165, 1.54) is 0 Å². The molecule has 1 aliphatic rings. The van der Waals surface area contributed by atoms with Gasteiger partial charge in [0.15, 0.2) is 0 Å². The number of rotatable bonds is 3. The van der Waals surface area contributed by atoms with E-state index < -0.39 is 10.0 Å². The zero-order chi connectivity index (χ0) is 14.9. The maximum absolute atomic E-state index is 12.7. The SMILES string of the molecule is Cc1cc(S(=O)(=O)N2CCC(C)C(C)C2)ccc1CN. The third kappa shape index (κ3) is 2.90. The Hall–Kier alpha value is -0.910. The Balaban J connectivity index is 2.29. The van der Waals surface area contributed by atoms with Crippen molar-refractivity contribution in [2.24, 2.45) is 17.6 Å². The van der Waals surface area contributed by atoms with Crippen LogP contribution in [0.25, 0.3) is 0 Å². The highest BCUT2D eigenvalue weighted by molar-refractivity contribution is 7.89. The minimum atomic E-state index is -3.37. The zero-order valence-corrected chi connectivity index (χ0v) is 13.3. The summed E-state index contributed by atoms with van der Waals surface area (Å²) in [5.74, 6) is 0.991. The molecule has 2 N–H and O–H groups in total. The lowest BCUT2D eigenvalue weighted by Crippen LogP contribution is -2.42. The van der Waals surface area contributed by atoms with Gasteiger partial charge in [0, 0.05) is 19.6 Å². The van der Waals surface area contributed by atoms with E-state index in [1.807, 2.05) is 13.0 Å². The van der Waals surface area contributed by atoms with Crippen molar-refractivity contribution in [1.29, 1.82) is 0 Å². The molecule has 112 valence electrons. The first-order chi connectivity index (χ1) is 9.36. The number of nitrogens with two attached hydrogens (primary N) is 1. The van der Waals surface area contributed by atoms with Crippen LogP contribution in [0.4, 0.5) is 0 Å². The van der Waals surface area contributed by atoms with Crippen molar-refractivity contribution >= 4 is 10.0 Å². The average Bonchev–Trinajstić information content (AvgIpc) is 2.41. The van der Waals surface area contributed by atoms with Crippen molar-refractivity contribution in [1.82, 2.24) is 4.31 Å². The van der Waals surface area contributed by atoms with Crippen LogP contribution in [-0.2, 0) is 16.6 Å². The molecule has 2 atom stereocenters. The van der Waals surface area contributed by atoms with E-state index in [2.05, 4.69) is 13.8 Å². The quantitative estimate of drug-likeness (QED) is 0.929. The second-order valence-corrected chi connectivity index (χ2v) is 7.84. The van der Waals surface area contributed by atoms with Gasteiger partial charge in [-0.2, -0.15) is 4.31 Å². The van der Waals surface area contributed by atoms with E-state index in [-0.39, 0.29) is 0 Å². The standard InChI is InChI=1S/C15H24N2O2S/c1-11-6-7-17(10-13(11)3)20(18,19)15-5-4-14(9-16)12(2)8-15/h4-5,8,11,13H,6-7,9-10,16H2,1-3H3. The summed E-state index contributed by atoms with van der Waals surface area (Å²) < 4.78 is 27.0. The maximum atomic E-state index is 12.7. The number of aryl methyl sites for hydroxylation is 1. The van der Waals surface area contributed by atoms with Crippen LogP contribution in [0.2, 0.25) is 0 Å². The van der Waals surface area contributed by atoms with Crippen LogP contribution < -0.4 is 5.73 Å². The third-order valence-corrected chi connectivity index (χ3v) is 6.33. The largest absolute Gasteiger partial charge is 0.326 e. The summed E-state index contributed by atoms with van der Waals surface area (Å²) in [6, 6.07) is 5.23. The van der Waals surface area contributed by atoms with Crippen molar-refractivity contribution in [3.05, 3.63) is 29.3 Å². The first kappa shape index (κ1) is 15.5. The summed E-state index contributed by atoms with van der Waals surface area (Å²) in [5.41, 5.74) is 7.55. The molecule has 4 nitrogen and oxygen atoms in total. The van der Waals surface area contributed by atoms with Crippen LogP contribution in [0.5, 0.6) is 0 Å². The number of hydrogen-bond donors (Lipinski definition) is 1. The minimum absolute atomic E-state index is 0.383. The summed E-state index contributed by atoms with van der Waals surface area (Å²) >= 11 is 0. The molecule has 0 bridgehead atoms. The van der Waals surface area contributed by atoms with E-state index in [0.29, 0.717) is 36.4 Å². The van der Waals surface area contributed by atoms with Gasteiger partial charge in [-0.3, -0.25) is 0 Å². The monoisotopic (exact) mass is 296 g/mol. The molecule has 0 radical (unpaired) electrons. The highest BCUT2D eigenvalue weighted by Gasteiger charge is 2.31. The molecule has 20 heavy (non-hydrogen) atoms. The molecule has 0 saturated carbocycles. The fraction of sp³-hybridized carbons (Fsp3) is 0.600. The molecule has 1 aliphatic heterocycles. The number of sulfonamides is 1. The first-order valence-electron chi connectivity index (χ1n) is 7.16. The van der Waals surface area contributed by atoms with Gasteiger partial charge in [0.1, 0.15) is 0 Å². The highest BCUT2D eigenvalue weighted by atomic mass is 32.2. The lowest BCUT2D eigenvalue weighted by molar-refractivity contribution is 0.212. The summed E-state index contributed by atoms with van der Waals surface area (Å²) in [7, 11) is -3.37. The Bertz CT molecular complexity index is 584. The van der Waals surface area contributed by atoms with Gasteiger partial charge in [0.05, 0.1) is 4.90 Å². The summed E-state index contributed by atoms with van der Waals surface area (Å²) in [4.78, 5) is 0.383. The van der Waals surface area contributed by atoms with Gasteiger partial charge in [-0.25, -0.2) is 8.42 Å². The zero-order valence-electron chi connectivity index (χ0n) is 12.5. The molecule has 2 rings (SSSR count). The summed E-state index contributed by atoms with van der Waals surface area (Å²) in [6.45, 7) is 7.88. The Labute approximate surface area is 122 Å². The van der Waals surface area contributed by atoms with Gasteiger partial charge in [-0.1, -0.05) is 19.9 Å². The fourth-order valence-electron chi connectivity index (χ4n) is 2.65. The van der Waals surface area contributed by atoms with E-state index in [9.17, 15) is 8.42 Å². The van der Waals surface area contributed by atoms with Crippen LogP contribution in [-0.4, -0.2) is 25.8 Å². The Kier molecular flexibility index (Phi) is 4.52. The van der Waals surface area contributed by atoms with Gasteiger partial charge < -0.3 is 5.73 Å². The van der Waals surface area contributed by atoms with Crippen LogP contribution in [0.3, 0.4) is 0 Å². The van der Waals surface area contributed by atoms with Gasteiger partial charge in [-0.15, -0.1) is 0 Å². The molecule has 0 aromatic heterocycles. The van der Waals surface area contributed by atoms with Crippen LogP contribution in [0.15, 0.2) is 23.1 Å². The topological polar surface area (TPSA) is 63.4 Å². The summed E-state index contributed by atoms with van der Waals surface area (Å²) in [6.07, 6.45) is 0.931. The van der Waals surface area contributed by atoms with Crippen LogP contribution in [0, 0.1) is 18.8 Å². The normalized spacial score (nSPS) is 24.8. The fourth-order valence-corrected chi connectivity index (χ4v) is 4.29. The van der Waals surface area contributed by atoms with Crippen molar-refractivity contribution in [2.75, 3.05) is 13.1 Å². The Morgan fingerprint density at radius 1 is 1.30 bits per heavy atom. The maximum Gasteiger partial charge on any atom is 0.243 e. The van der Waals surface area contributed by atoms with Gasteiger partial charge in [0.25, 0.3) is 0 Å². The molecule has 2 unspecified atom stereocenters. The molecular weight excluding hydrogens is 272 g/mol. The van der Waals surface area contributed by atoms with E-state index in [4.69, 9.17) is 5.73 Å². The smallest absolute Gasteiger partial charge is 0.243 e. The van der Waals surface area contributed by atoms with Gasteiger partial charge >= 0.3 is 0 Å². The number of piperidine rings is 1. The molecule has 1 heterocycles. The third-order valence-electron chi connectivity index (χ3n) is 4.47. The van der Waals surface area contributed by atoms with Crippen LogP contribution in [0.1, 0.15) is 31.4 Å². The predicted octanol–water partition coefficient (Wildman–Crippen LogP) is 2.12. The molecule has 1 saturated heterocycles. The van der Waals surface area contributed by atoms with Crippen LogP contribution >= 0.6 is 0 Å². The van der Waals surface area contributed by atoms with Gasteiger partial charge in [0.2, 0.25) is 10.0 Å². The number of hydrogen-bond acceptors (Lipinski definition) is 3. The Morgan fingerprint density at radius 2 is 2.00 bits per heavy atom. The van der Waals surface area contributed by atoms with E-state index >= 15 is 0 Å². The average molecular weight is 296 g/mol. The lowest BCUT2D eigenvalue weighted by atomic mass is 9.90. The molecule has 1 fully saturated rings. The second kappa shape index (κ2) is 5.84. The van der Waals surface area contributed by atoms with Crippen molar-refractivity contribution in [3.8, 4) is 0 Å². The molecule has 0 aliphatic carbocycles. The molecule has 1 aromatic rings. The minimum Gasteiger partial charge on any atom is -0.326 e. The predicted molar refractivity (Wildman–Crippen MR) is 80.8 cm³/mol. The van der Waals surface area contributed by atoms with Crippen molar-refractivity contribution in [3.63, 3.8) is 0 Å². The molecular formula is C15H24N2O2S. The molecule has 1 aromatic carbocycles.